The average Bonchev–Trinajstić information content (AvgIpc) is 3.01. The van der Waals surface area contributed by atoms with Gasteiger partial charge in [-0.3, -0.25) is 14.4 Å². The van der Waals surface area contributed by atoms with Crippen molar-refractivity contribution < 1.29 is 14.4 Å². The maximum atomic E-state index is 12.0. The Bertz CT molecular complexity index is 641. The molecule has 6 nitrogen and oxygen atoms in total. The fourth-order valence-corrected chi connectivity index (χ4v) is 2.32. The van der Waals surface area contributed by atoms with E-state index in [1.165, 1.54) is 16.8 Å². The summed E-state index contributed by atoms with van der Waals surface area (Å²) in [5, 5.41) is 4.06. The molecule has 1 atom stereocenters. The van der Waals surface area contributed by atoms with Crippen LogP contribution in [0.25, 0.3) is 0 Å². The van der Waals surface area contributed by atoms with Crippen LogP contribution in [0.4, 0.5) is 0 Å². The number of carbonyl (C=O) groups is 3. The van der Waals surface area contributed by atoms with E-state index in [9.17, 15) is 14.4 Å². The molecule has 0 saturated heterocycles. The number of primary amides is 1. The second-order valence-corrected chi connectivity index (χ2v) is 5.04. The second-order valence-electron chi connectivity index (χ2n) is 4.32. The van der Waals surface area contributed by atoms with Crippen LogP contribution in [0, 0.1) is 0 Å². The Morgan fingerprint density at radius 2 is 1.95 bits per heavy atom. The average molecular weight is 303 g/mol. The highest BCUT2D eigenvalue weighted by Gasteiger charge is 2.26. The van der Waals surface area contributed by atoms with Gasteiger partial charge in [-0.15, -0.1) is 11.3 Å². The highest BCUT2D eigenvalue weighted by Crippen LogP contribution is 2.06. The van der Waals surface area contributed by atoms with Gasteiger partial charge in [-0.1, -0.05) is 30.3 Å². The number of rotatable bonds is 6. The SMILES string of the molecule is NC(=O)C(=O)C(Cc1ccccc1)NC(=O)c1cscn1. The molecular weight excluding hydrogens is 290 g/mol. The van der Waals surface area contributed by atoms with Crippen molar-refractivity contribution in [2.24, 2.45) is 5.73 Å². The van der Waals surface area contributed by atoms with Gasteiger partial charge < -0.3 is 11.1 Å². The number of amides is 2. The molecule has 0 aliphatic heterocycles. The topological polar surface area (TPSA) is 102 Å². The normalized spacial score (nSPS) is 11.6. The molecular formula is C14H13N3O3S. The van der Waals surface area contributed by atoms with Crippen LogP contribution in [0.1, 0.15) is 16.1 Å². The van der Waals surface area contributed by atoms with Crippen LogP contribution < -0.4 is 11.1 Å². The van der Waals surface area contributed by atoms with E-state index in [-0.39, 0.29) is 12.1 Å². The molecule has 0 bridgehead atoms. The second kappa shape index (κ2) is 6.76. The molecule has 1 unspecified atom stereocenters. The van der Waals surface area contributed by atoms with Crippen molar-refractivity contribution in [3.63, 3.8) is 0 Å². The third-order valence-corrected chi connectivity index (χ3v) is 3.40. The van der Waals surface area contributed by atoms with E-state index in [1.54, 1.807) is 17.5 Å². The molecule has 1 aromatic heterocycles. The molecule has 2 aromatic rings. The lowest BCUT2D eigenvalue weighted by Gasteiger charge is -2.15. The van der Waals surface area contributed by atoms with Gasteiger partial charge in [-0.2, -0.15) is 0 Å². The number of nitrogens with one attached hydrogen (secondary N) is 1. The molecule has 2 amide bonds. The lowest BCUT2D eigenvalue weighted by molar-refractivity contribution is -0.137. The Labute approximate surface area is 125 Å². The predicted octanol–water partition coefficient (Wildman–Crippen LogP) is 0.539. The number of thiazole rings is 1. The summed E-state index contributed by atoms with van der Waals surface area (Å²) in [6, 6.07) is 8.06. The summed E-state index contributed by atoms with van der Waals surface area (Å²) >= 11 is 1.27. The van der Waals surface area contributed by atoms with Gasteiger partial charge in [0.05, 0.1) is 5.51 Å². The zero-order valence-electron chi connectivity index (χ0n) is 11.0. The molecule has 1 aromatic carbocycles. The monoisotopic (exact) mass is 303 g/mol. The van der Waals surface area contributed by atoms with Crippen molar-refractivity contribution in [2.45, 2.75) is 12.5 Å². The molecule has 0 aliphatic rings. The molecule has 3 N–H and O–H groups in total. The largest absolute Gasteiger partial charge is 0.363 e. The summed E-state index contributed by atoms with van der Waals surface area (Å²) in [5.74, 6) is -2.41. The first-order valence-electron chi connectivity index (χ1n) is 6.14. The smallest absolute Gasteiger partial charge is 0.287 e. The predicted molar refractivity (Wildman–Crippen MR) is 77.7 cm³/mol. The number of benzene rings is 1. The molecule has 7 heteroatoms. The van der Waals surface area contributed by atoms with E-state index >= 15 is 0 Å². The van der Waals surface area contributed by atoms with E-state index in [0.717, 1.165) is 5.56 Å². The van der Waals surface area contributed by atoms with Crippen LogP contribution in [-0.4, -0.2) is 28.6 Å². The van der Waals surface area contributed by atoms with Crippen LogP contribution in [0.5, 0.6) is 0 Å². The van der Waals surface area contributed by atoms with Crippen LogP contribution >= 0.6 is 11.3 Å². The number of hydrogen-bond acceptors (Lipinski definition) is 5. The van der Waals surface area contributed by atoms with Gasteiger partial charge in [-0.05, 0) is 5.56 Å². The van der Waals surface area contributed by atoms with Crippen molar-refractivity contribution in [2.75, 3.05) is 0 Å². The van der Waals surface area contributed by atoms with E-state index in [4.69, 9.17) is 5.73 Å². The van der Waals surface area contributed by atoms with E-state index in [2.05, 4.69) is 10.3 Å². The van der Waals surface area contributed by atoms with Gasteiger partial charge in [0.25, 0.3) is 11.8 Å². The number of hydrogen-bond donors (Lipinski definition) is 2. The van der Waals surface area contributed by atoms with E-state index in [0.29, 0.717) is 0 Å². The van der Waals surface area contributed by atoms with Crippen LogP contribution in [0.3, 0.4) is 0 Å². The number of aromatic nitrogens is 1. The van der Waals surface area contributed by atoms with Gasteiger partial charge in [0.1, 0.15) is 11.7 Å². The molecule has 2 rings (SSSR count). The van der Waals surface area contributed by atoms with Gasteiger partial charge in [0, 0.05) is 11.8 Å². The molecule has 108 valence electrons. The Kier molecular flexibility index (Phi) is 4.78. The standard InChI is InChI=1S/C14H13N3O3S/c15-13(19)12(18)10(6-9-4-2-1-3-5-9)17-14(20)11-7-21-8-16-11/h1-5,7-8,10H,6H2,(H2,15,19)(H,17,20). The fourth-order valence-electron chi connectivity index (χ4n) is 1.79. The Morgan fingerprint density at radius 3 is 2.52 bits per heavy atom. The summed E-state index contributed by atoms with van der Waals surface area (Å²) < 4.78 is 0. The van der Waals surface area contributed by atoms with Gasteiger partial charge >= 0.3 is 0 Å². The maximum Gasteiger partial charge on any atom is 0.287 e. The third kappa shape index (κ3) is 3.96. The minimum Gasteiger partial charge on any atom is -0.363 e. The zero-order chi connectivity index (χ0) is 15.2. The Morgan fingerprint density at radius 1 is 1.24 bits per heavy atom. The van der Waals surface area contributed by atoms with E-state index in [1.807, 2.05) is 18.2 Å². The number of carbonyl (C=O) groups excluding carboxylic acids is 3. The Balaban J connectivity index is 2.14. The molecule has 0 spiro atoms. The lowest BCUT2D eigenvalue weighted by atomic mass is 10.0. The molecule has 0 radical (unpaired) electrons. The quantitative estimate of drug-likeness (QED) is 0.760. The van der Waals surface area contributed by atoms with Crippen LogP contribution in [0.2, 0.25) is 0 Å². The molecule has 0 fully saturated rings. The fraction of sp³-hybridized carbons (Fsp3) is 0.143. The zero-order valence-corrected chi connectivity index (χ0v) is 11.8. The van der Waals surface area contributed by atoms with Gasteiger partial charge in [0.2, 0.25) is 5.78 Å². The molecule has 0 aliphatic carbocycles. The number of Topliss-reactive ketones (excluding diaryl/α,β-unsaturated/α-hetero) is 1. The van der Waals surface area contributed by atoms with Crippen molar-refractivity contribution in [3.8, 4) is 0 Å². The highest BCUT2D eigenvalue weighted by molar-refractivity contribution is 7.07. The summed E-state index contributed by atoms with van der Waals surface area (Å²) in [6.07, 6.45) is 0.193. The Hall–Kier alpha value is -2.54. The minimum absolute atomic E-state index is 0.193. The van der Waals surface area contributed by atoms with Gasteiger partial charge in [-0.25, -0.2) is 4.98 Å². The van der Waals surface area contributed by atoms with Crippen LogP contribution in [0.15, 0.2) is 41.2 Å². The first-order chi connectivity index (χ1) is 10.1. The maximum absolute atomic E-state index is 12.0. The van der Waals surface area contributed by atoms with Crippen molar-refractivity contribution in [1.82, 2.24) is 10.3 Å². The van der Waals surface area contributed by atoms with Gasteiger partial charge in [0.15, 0.2) is 0 Å². The summed E-state index contributed by atoms with van der Waals surface area (Å²) in [5.41, 5.74) is 7.56. The highest BCUT2D eigenvalue weighted by atomic mass is 32.1. The minimum atomic E-state index is -1.07. The van der Waals surface area contributed by atoms with Crippen molar-refractivity contribution >= 4 is 28.9 Å². The lowest BCUT2D eigenvalue weighted by Crippen LogP contribution is -2.47. The van der Waals surface area contributed by atoms with E-state index < -0.39 is 23.6 Å². The molecule has 0 saturated carbocycles. The number of nitrogens with zero attached hydrogens (tertiary/aromatic N) is 1. The first kappa shape index (κ1) is 14.9. The number of ketones is 1. The summed E-state index contributed by atoms with van der Waals surface area (Å²) in [4.78, 5) is 38.8. The van der Waals surface area contributed by atoms with Crippen molar-refractivity contribution in [3.05, 3.63) is 52.5 Å². The summed E-state index contributed by atoms with van der Waals surface area (Å²) in [7, 11) is 0. The third-order valence-electron chi connectivity index (χ3n) is 2.81. The summed E-state index contributed by atoms with van der Waals surface area (Å²) in [6.45, 7) is 0. The van der Waals surface area contributed by atoms with Crippen molar-refractivity contribution in [1.29, 1.82) is 0 Å². The number of nitrogens with two attached hydrogens (primary N) is 1. The molecule has 21 heavy (non-hydrogen) atoms. The van der Waals surface area contributed by atoms with Crippen LogP contribution in [-0.2, 0) is 16.0 Å². The molecule has 1 heterocycles. The first-order valence-corrected chi connectivity index (χ1v) is 7.09.